The van der Waals surface area contributed by atoms with Gasteiger partial charge in [0.25, 0.3) is 5.91 Å². The van der Waals surface area contributed by atoms with Crippen molar-refractivity contribution < 1.29 is 24.0 Å². The number of fused-ring (bicyclic) bond motifs is 2. The van der Waals surface area contributed by atoms with Gasteiger partial charge in [0.15, 0.2) is 0 Å². The highest BCUT2D eigenvalue weighted by Gasteiger charge is 2.24. The van der Waals surface area contributed by atoms with Crippen LogP contribution in [0, 0.1) is 0 Å². The van der Waals surface area contributed by atoms with Crippen molar-refractivity contribution >= 4 is 35.2 Å². The Morgan fingerprint density at radius 3 is 1.73 bits per heavy atom. The third kappa shape index (κ3) is 10.4. The molecule has 1 aliphatic heterocycles. The molecule has 0 radical (unpaired) electrons. The molecule has 0 saturated heterocycles. The maximum absolute atomic E-state index is 12.9. The molecular formula is C24H38N8O5. The van der Waals surface area contributed by atoms with Crippen molar-refractivity contribution in [2.45, 2.75) is 57.2 Å². The molecule has 1 aromatic carbocycles. The van der Waals surface area contributed by atoms with Crippen LogP contribution in [0.1, 0.15) is 54.4 Å². The third-order valence-corrected chi connectivity index (χ3v) is 5.77. The molecule has 37 heavy (non-hydrogen) atoms. The zero-order valence-corrected chi connectivity index (χ0v) is 20.9. The fourth-order valence-electron chi connectivity index (χ4n) is 3.83. The Hall–Kier alpha value is -3.71. The van der Waals surface area contributed by atoms with Crippen LogP contribution >= 0.6 is 0 Å². The second-order valence-electron chi connectivity index (χ2n) is 8.89. The fraction of sp³-hybridized carbons (Fsp3) is 0.542. The van der Waals surface area contributed by atoms with Crippen molar-refractivity contribution in [1.82, 2.24) is 26.6 Å². The summed E-state index contributed by atoms with van der Waals surface area (Å²) in [5, 5.41) is 13.0. The summed E-state index contributed by atoms with van der Waals surface area (Å²) in [5.74, 6) is -2.63. The number of benzene rings is 1. The number of carbonyl (C=O) groups is 5. The smallest absolute Gasteiger partial charge is 0.251 e. The van der Waals surface area contributed by atoms with Gasteiger partial charge in [0.1, 0.15) is 12.1 Å². The summed E-state index contributed by atoms with van der Waals surface area (Å²) in [7, 11) is 0. The van der Waals surface area contributed by atoms with Crippen molar-refractivity contribution in [3.8, 4) is 0 Å². The van der Waals surface area contributed by atoms with Crippen LogP contribution in [0.15, 0.2) is 18.2 Å². The normalized spacial score (nSPS) is 20.0. The van der Waals surface area contributed by atoms with Crippen LogP contribution in [0.2, 0.25) is 0 Å². The molecule has 0 spiro atoms. The summed E-state index contributed by atoms with van der Waals surface area (Å²) >= 11 is 0. The molecule has 11 N–H and O–H groups in total. The van der Waals surface area contributed by atoms with Gasteiger partial charge in [0.05, 0.1) is 13.1 Å². The van der Waals surface area contributed by atoms with E-state index >= 15 is 0 Å². The Bertz CT molecular complexity index is 970. The molecule has 2 bridgehead atoms. The topological polar surface area (TPSA) is 224 Å². The highest BCUT2D eigenvalue weighted by atomic mass is 16.2. The number of rotatable bonds is 8. The molecule has 13 heteroatoms. The SMILES string of the molecule is NCCCC[C@@H]1NC(=O)CNC(=O)c2cc(N)cc(c2)CNC(=O)[C@H](CCCCN)NC(=O)CNC1=O. The number of carbonyl (C=O) groups excluding carboxylic acids is 5. The van der Waals surface area contributed by atoms with E-state index in [1.807, 2.05) is 0 Å². The van der Waals surface area contributed by atoms with Crippen LogP contribution in [0.25, 0.3) is 0 Å². The number of nitrogens with one attached hydrogen (secondary N) is 5. The molecule has 2 rings (SSSR count). The van der Waals surface area contributed by atoms with Gasteiger partial charge in [-0.3, -0.25) is 24.0 Å². The van der Waals surface area contributed by atoms with Gasteiger partial charge < -0.3 is 43.8 Å². The Morgan fingerprint density at radius 1 is 0.676 bits per heavy atom. The average Bonchev–Trinajstić information content (AvgIpc) is 2.87. The van der Waals surface area contributed by atoms with Crippen molar-refractivity contribution in [2.24, 2.45) is 11.5 Å². The highest BCUT2D eigenvalue weighted by Crippen LogP contribution is 2.13. The molecule has 2 atom stereocenters. The zero-order chi connectivity index (χ0) is 27.2. The zero-order valence-electron chi connectivity index (χ0n) is 20.9. The van der Waals surface area contributed by atoms with E-state index in [9.17, 15) is 24.0 Å². The first-order valence-corrected chi connectivity index (χ1v) is 12.5. The van der Waals surface area contributed by atoms with Gasteiger partial charge in [-0.05, 0) is 75.4 Å². The van der Waals surface area contributed by atoms with Crippen LogP contribution < -0.4 is 43.8 Å². The Kier molecular flexibility index (Phi) is 12.3. The number of nitrogen functional groups attached to an aromatic ring is 1. The Balaban J connectivity index is 2.27. The maximum Gasteiger partial charge on any atom is 0.251 e. The van der Waals surface area contributed by atoms with Gasteiger partial charge in [0.2, 0.25) is 23.6 Å². The second-order valence-corrected chi connectivity index (χ2v) is 8.89. The molecule has 5 amide bonds. The molecule has 0 fully saturated rings. The predicted molar refractivity (Wildman–Crippen MR) is 138 cm³/mol. The Labute approximate surface area is 216 Å². The average molecular weight is 519 g/mol. The lowest BCUT2D eigenvalue weighted by atomic mass is 10.1. The summed E-state index contributed by atoms with van der Waals surface area (Å²) in [6, 6.07) is 2.85. The summed E-state index contributed by atoms with van der Waals surface area (Å²) < 4.78 is 0. The van der Waals surface area contributed by atoms with E-state index in [0.29, 0.717) is 62.9 Å². The summed E-state index contributed by atoms with van der Waals surface area (Å²) in [6.07, 6.45) is 3.16. The van der Waals surface area contributed by atoms with Crippen molar-refractivity contribution in [3.05, 3.63) is 29.3 Å². The highest BCUT2D eigenvalue weighted by molar-refractivity contribution is 5.98. The third-order valence-electron chi connectivity index (χ3n) is 5.77. The number of amides is 5. The van der Waals surface area contributed by atoms with E-state index < -0.39 is 41.6 Å². The van der Waals surface area contributed by atoms with Crippen LogP contribution in [0.5, 0.6) is 0 Å². The van der Waals surface area contributed by atoms with E-state index in [1.54, 1.807) is 12.1 Å². The van der Waals surface area contributed by atoms with Crippen LogP contribution in [-0.4, -0.2) is 67.8 Å². The lowest BCUT2D eigenvalue weighted by Crippen LogP contribution is -2.53. The minimum Gasteiger partial charge on any atom is -0.399 e. The van der Waals surface area contributed by atoms with Crippen molar-refractivity contribution in [1.29, 1.82) is 0 Å². The lowest BCUT2D eigenvalue weighted by Gasteiger charge is -2.21. The molecule has 1 aliphatic rings. The van der Waals surface area contributed by atoms with Crippen molar-refractivity contribution in [3.63, 3.8) is 0 Å². The van der Waals surface area contributed by atoms with E-state index in [0.717, 1.165) is 0 Å². The molecule has 204 valence electrons. The Morgan fingerprint density at radius 2 is 1.19 bits per heavy atom. The largest absolute Gasteiger partial charge is 0.399 e. The van der Waals surface area contributed by atoms with Gasteiger partial charge in [-0.25, -0.2) is 0 Å². The first-order valence-electron chi connectivity index (χ1n) is 12.5. The quantitative estimate of drug-likeness (QED) is 0.141. The number of hydrogen-bond acceptors (Lipinski definition) is 8. The monoisotopic (exact) mass is 518 g/mol. The van der Waals surface area contributed by atoms with Gasteiger partial charge in [-0.15, -0.1) is 0 Å². The van der Waals surface area contributed by atoms with E-state index in [-0.39, 0.29) is 25.2 Å². The molecule has 0 unspecified atom stereocenters. The molecular weight excluding hydrogens is 480 g/mol. The van der Waals surface area contributed by atoms with Gasteiger partial charge in [0, 0.05) is 17.8 Å². The lowest BCUT2D eigenvalue weighted by molar-refractivity contribution is -0.131. The summed E-state index contributed by atoms with van der Waals surface area (Å²) in [5.41, 5.74) is 18.1. The predicted octanol–water partition coefficient (Wildman–Crippen LogP) is -2.03. The number of hydrogen-bond donors (Lipinski definition) is 8. The second kappa shape index (κ2) is 15.4. The molecule has 1 aromatic rings. The minimum atomic E-state index is -0.926. The summed E-state index contributed by atoms with van der Waals surface area (Å²) in [4.78, 5) is 63.3. The molecule has 0 aromatic heterocycles. The first-order chi connectivity index (χ1) is 17.7. The van der Waals surface area contributed by atoms with Gasteiger partial charge in [-0.2, -0.15) is 0 Å². The van der Waals surface area contributed by atoms with Crippen molar-refractivity contribution in [2.75, 3.05) is 31.9 Å². The molecule has 0 saturated carbocycles. The van der Waals surface area contributed by atoms with Gasteiger partial charge >= 0.3 is 0 Å². The first kappa shape index (κ1) is 29.5. The minimum absolute atomic E-state index is 0.0646. The van der Waals surface area contributed by atoms with E-state index in [2.05, 4.69) is 26.6 Å². The van der Waals surface area contributed by atoms with Crippen LogP contribution in [0.4, 0.5) is 5.69 Å². The maximum atomic E-state index is 12.9. The standard InChI is InChI=1S/C24H38N8O5/c25-7-3-1-5-18-23(36)28-12-15-9-16(11-17(27)10-15)22(35)29-13-20(33)32-19(6-2-4-8-26)24(37)30-14-21(34)31-18/h9-11,18-19H,1-8,12-14,25-27H2,(H,28,36)(H,29,35)(H,30,37)(H,31,34)(H,32,33)/t18-,19-/m0/s1. The van der Waals surface area contributed by atoms with Crippen LogP contribution in [-0.2, 0) is 25.7 Å². The number of nitrogens with two attached hydrogens (primary N) is 3. The molecule has 13 nitrogen and oxygen atoms in total. The van der Waals surface area contributed by atoms with Gasteiger partial charge in [-0.1, -0.05) is 0 Å². The van der Waals surface area contributed by atoms with Crippen LogP contribution in [0.3, 0.4) is 0 Å². The number of anilines is 1. The fourth-order valence-corrected chi connectivity index (χ4v) is 3.83. The van der Waals surface area contributed by atoms with E-state index in [4.69, 9.17) is 17.2 Å². The molecule has 1 heterocycles. The van der Waals surface area contributed by atoms with E-state index in [1.165, 1.54) is 6.07 Å². The molecule has 0 aliphatic carbocycles. The number of unbranched alkanes of at least 4 members (excludes halogenated alkanes) is 2. The summed E-state index contributed by atoms with van der Waals surface area (Å²) in [6.45, 7) is 0.193.